The zero-order chi connectivity index (χ0) is 9.97. The third-order valence-electron chi connectivity index (χ3n) is 2.46. The van der Waals surface area contributed by atoms with E-state index >= 15 is 0 Å². The Kier molecular flexibility index (Phi) is 2.35. The second kappa shape index (κ2) is 3.66. The summed E-state index contributed by atoms with van der Waals surface area (Å²) in [6, 6.07) is 5.66. The number of benzene rings is 1. The van der Waals surface area contributed by atoms with Crippen LogP contribution in [0.5, 0.6) is 0 Å². The van der Waals surface area contributed by atoms with Gasteiger partial charge >= 0.3 is 5.97 Å². The maximum Gasteiger partial charge on any atom is 0.338 e. The number of fused-ring (bicyclic) bond motifs is 1. The fraction of sp³-hybridized carbons (Fsp3) is 0.250. The average Bonchev–Trinajstić information content (AvgIpc) is 2.41. The first-order valence-electron chi connectivity index (χ1n) is 4.74. The number of esters is 1. The van der Waals surface area contributed by atoms with Gasteiger partial charge in [0.25, 0.3) is 0 Å². The van der Waals surface area contributed by atoms with Crippen LogP contribution >= 0.6 is 0 Å². The fourth-order valence-electron chi connectivity index (χ4n) is 1.76. The lowest BCUT2D eigenvalue weighted by Crippen LogP contribution is -2.04. The minimum Gasteiger partial charge on any atom is -0.462 e. The molecule has 0 spiro atoms. The summed E-state index contributed by atoms with van der Waals surface area (Å²) in [5.74, 6) is -0.207. The summed E-state index contributed by atoms with van der Waals surface area (Å²) in [6.45, 7) is 4.26. The van der Waals surface area contributed by atoms with Gasteiger partial charge in [-0.05, 0) is 30.0 Å². The van der Waals surface area contributed by atoms with Crippen molar-refractivity contribution in [3.05, 3.63) is 41.5 Å². The minimum atomic E-state index is -0.207. The Labute approximate surface area is 83.2 Å². The van der Waals surface area contributed by atoms with Crippen molar-refractivity contribution in [1.82, 2.24) is 0 Å². The molecule has 1 aliphatic heterocycles. The van der Waals surface area contributed by atoms with E-state index in [4.69, 9.17) is 4.74 Å². The zero-order valence-electron chi connectivity index (χ0n) is 7.95. The predicted octanol–water partition coefficient (Wildman–Crippen LogP) is 2.43. The topological polar surface area (TPSA) is 26.3 Å². The van der Waals surface area contributed by atoms with E-state index in [1.165, 1.54) is 0 Å². The van der Waals surface area contributed by atoms with Gasteiger partial charge in [0.05, 0.1) is 12.2 Å². The molecule has 2 nitrogen and oxygen atoms in total. The maximum absolute atomic E-state index is 11.5. The number of hydrogen-bond acceptors (Lipinski definition) is 2. The van der Waals surface area contributed by atoms with Crippen LogP contribution in [-0.2, 0) is 11.2 Å². The lowest BCUT2D eigenvalue weighted by molar-refractivity contribution is 0.0513. The van der Waals surface area contributed by atoms with Crippen molar-refractivity contribution in [2.24, 2.45) is 0 Å². The molecule has 2 rings (SSSR count). The molecule has 0 saturated heterocycles. The van der Waals surface area contributed by atoms with Gasteiger partial charge in [-0.15, -0.1) is 0 Å². The minimum absolute atomic E-state index is 0.207. The summed E-state index contributed by atoms with van der Waals surface area (Å²) in [5, 5.41) is 0. The Hall–Kier alpha value is -1.57. The summed E-state index contributed by atoms with van der Waals surface area (Å²) in [4.78, 5) is 11.5. The molecule has 0 amide bonds. The highest BCUT2D eigenvalue weighted by Gasteiger charge is 2.17. The number of cyclic esters (lactones) is 1. The zero-order valence-corrected chi connectivity index (χ0v) is 7.95. The smallest absolute Gasteiger partial charge is 0.338 e. The highest BCUT2D eigenvalue weighted by molar-refractivity contribution is 5.92. The molecule has 0 radical (unpaired) electrons. The first-order chi connectivity index (χ1) is 6.83. The highest BCUT2D eigenvalue weighted by atomic mass is 16.5. The van der Waals surface area contributed by atoms with Crippen LogP contribution in [0, 0.1) is 0 Å². The Morgan fingerprint density at radius 3 is 3.07 bits per heavy atom. The van der Waals surface area contributed by atoms with E-state index in [1.807, 2.05) is 18.2 Å². The molecule has 0 atom stereocenters. The maximum atomic E-state index is 11.5. The van der Waals surface area contributed by atoms with Gasteiger partial charge in [-0.3, -0.25) is 0 Å². The van der Waals surface area contributed by atoms with E-state index in [0.717, 1.165) is 24.0 Å². The molecule has 0 aliphatic carbocycles. The van der Waals surface area contributed by atoms with E-state index in [0.29, 0.717) is 12.2 Å². The van der Waals surface area contributed by atoms with Crippen LogP contribution in [0.2, 0.25) is 0 Å². The van der Waals surface area contributed by atoms with Gasteiger partial charge in [0.15, 0.2) is 0 Å². The second-order valence-corrected chi connectivity index (χ2v) is 3.32. The van der Waals surface area contributed by atoms with Gasteiger partial charge in [0.1, 0.15) is 0 Å². The molecule has 0 bridgehead atoms. The molecule has 72 valence electrons. The molecule has 0 unspecified atom stereocenters. The van der Waals surface area contributed by atoms with Gasteiger partial charge in [-0.2, -0.15) is 0 Å². The number of hydrogen-bond donors (Lipinski definition) is 0. The normalized spacial score (nSPS) is 15.3. The van der Waals surface area contributed by atoms with Crippen molar-refractivity contribution in [3.8, 4) is 0 Å². The highest BCUT2D eigenvalue weighted by Crippen LogP contribution is 2.21. The number of rotatable bonds is 1. The summed E-state index contributed by atoms with van der Waals surface area (Å²) in [5.41, 5.74) is 2.81. The first kappa shape index (κ1) is 9.00. The molecule has 1 aromatic carbocycles. The fourth-order valence-corrected chi connectivity index (χ4v) is 1.76. The van der Waals surface area contributed by atoms with Crippen molar-refractivity contribution in [3.63, 3.8) is 0 Å². The van der Waals surface area contributed by atoms with Gasteiger partial charge in [-0.25, -0.2) is 4.79 Å². The summed E-state index contributed by atoms with van der Waals surface area (Å²) in [7, 11) is 0. The van der Waals surface area contributed by atoms with Crippen molar-refractivity contribution in [2.75, 3.05) is 6.61 Å². The van der Waals surface area contributed by atoms with Gasteiger partial charge in [-0.1, -0.05) is 24.8 Å². The molecular weight excluding hydrogens is 176 g/mol. The van der Waals surface area contributed by atoms with Crippen LogP contribution in [-0.4, -0.2) is 12.6 Å². The number of ether oxygens (including phenoxy) is 1. The molecule has 0 fully saturated rings. The van der Waals surface area contributed by atoms with Crippen LogP contribution in [0.15, 0.2) is 24.8 Å². The molecule has 1 heterocycles. The molecule has 14 heavy (non-hydrogen) atoms. The summed E-state index contributed by atoms with van der Waals surface area (Å²) in [6.07, 6.45) is 3.57. The van der Waals surface area contributed by atoms with E-state index in [9.17, 15) is 4.79 Å². The quantitative estimate of drug-likeness (QED) is 0.633. The van der Waals surface area contributed by atoms with Crippen LogP contribution in [0.25, 0.3) is 6.08 Å². The van der Waals surface area contributed by atoms with Gasteiger partial charge in [0, 0.05) is 0 Å². The molecule has 2 heteroatoms. The summed E-state index contributed by atoms with van der Waals surface area (Å²) >= 11 is 0. The van der Waals surface area contributed by atoms with Crippen molar-refractivity contribution in [2.45, 2.75) is 12.8 Å². The third-order valence-corrected chi connectivity index (χ3v) is 2.46. The first-order valence-corrected chi connectivity index (χ1v) is 4.74. The van der Waals surface area contributed by atoms with Gasteiger partial charge < -0.3 is 4.74 Å². The Morgan fingerprint density at radius 2 is 2.29 bits per heavy atom. The molecule has 0 aromatic heterocycles. The van der Waals surface area contributed by atoms with E-state index in [-0.39, 0.29) is 5.97 Å². The van der Waals surface area contributed by atoms with Gasteiger partial charge in [0.2, 0.25) is 0 Å². The number of carbonyl (C=O) groups is 1. The van der Waals surface area contributed by atoms with Crippen LogP contribution in [0.1, 0.15) is 27.9 Å². The van der Waals surface area contributed by atoms with Crippen molar-refractivity contribution < 1.29 is 9.53 Å². The van der Waals surface area contributed by atoms with Crippen molar-refractivity contribution >= 4 is 12.0 Å². The Balaban J connectivity index is 2.56. The molecule has 0 saturated carbocycles. The largest absolute Gasteiger partial charge is 0.462 e. The number of carbonyl (C=O) groups excluding carboxylic acids is 1. The molecule has 1 aliphatic rings. The molecular formula is C12H12O2. The molecule has 0 N–H and O–H groups in total. The van der Waals surface area contributed by atoms with E-state index in [2.05, 4.69) is 6.58 Å². The summed E-state index contributed by atoms with van der Waals surface area (Å²) < 4.78 is 5.06. The second-order valence-electron chi connectivity index (χ2n) is 3.32. The van der Waals surface area contributed by atoms with E-state index < -0.39 is 0 Å². The lowest BCUT2D eigenvalue weighted by atomic mass is 9.98. The SMILES string of the molecule is C=Cc1cccc2c1CCCOC2=O. The van der Waals surface area contributed by atoms with E-state index in [1.54, 1.807) is 6.08 Å². The third kappa shape index (κ3) is 1.43. The predicted molar refractivity (Wildman–Crippen MR) is 55.1 cm³/mol. The van der Waals surface area contributed by atoms with Crippen LogP contribution in [0.3, 0.4) is 0 Å². The standard InChI is InChI=1S/C12H12O2/c1-2-9-5-3-6-11-10(9)7-4-8-14-12(11)13/h2-3,5-6H,1,4,7-8H2. The Morgan fingerprint density at radius 1 is 1.43 bits per heavy atom. The Bertz CT molecular complexity index is 380. The lowest BCUT2D eigenvalue weighted by Gasteiger charge is -2.06. The molecule has 1 aromatic rings. The average molecular weight is 188 g/mol. The van der Waals surface area contributed by atoms with Crippen LogP contribution in [0.4, 0.5) is 0 Å². The van der Waals surface area contributed by atoms with Crippen molar-refractivity contribution in [1.29, 1.82) is 0 Å². The monoisotopic (exact) mass is 188 g/mol. The van der Waals surface area contributed by atoms with Crippen LogP contribution < -0.4 is 0 Å².